The van der Waals surface area contributed by atoms with E-state index in [2.05, 4.69) is 187 Å². The van der Waals surface area contributed by atoms with Crippen LogP contribution in [-0.2, 0) is 0 Å². The molecule has 0 bridgehead atoms. The van der Waals surface area contributed by atoms with Crippen molar-refractivity contribution in [3.63, 3.8) is 0 Å². The Labute approximate surface area is 267 Å². The number of aryl methyl sites for hydroxylation is 6. The van der Waals surface area contributed by atoms with E-state index in [0.29, 0.717) is 0 Å². The lowest BCUT2D eigenvalue weighted by molar-refractivity contribution is 1.41. The second-order valence-corrected chi connectivity index (χ2v) is 11.0. The largest absolute Gasteiger partial charge is 0.0683 e. The third-order valence-corrected chi connectivity index (χ3v) is 7.60. The van der Waals surface area contributed by atoms with Gasteiger partial charge in [0.1, 0.15) is 0 Å². The van der Waals surface area contributed by atoms with Gasteiger partial charge in [0.05, 0.1) is 0 Å². The van der Waals surface area contributed by atoms with E-state index in [0.717, 1.165) is 0 Å². The third kappa shape index (κ3) is 9.68. The molecule has 0 aliphatic carbocycles. The van der Waals surface area contributed by atoms with Gasteiger partial charge in [-0.1, -0.05) is 171 Å². The molecular weight excluding hydrogens is 528 g/mol. The molecular formula is C44H48. The average Bonchev–Trinajstić information content (AvgIpc) is 3.05. The first-order chi connectivity index (χ1) is 21.3. The maximum Gasteiger partial charge on any atom is -0.0152 e. The molecule has 6 aromatic rings. The van der Waals surface area contributed by atoms with E-state index in [1.54, 1.807) is 0 Å². The zero-order valence-electron chi connectivity index (χ0n) is 27.9. The van der Waals surface area contributed by atoms with Crippen molar-refractivity contribution in [3.05, 3.63) is 179 Å². The first kappa shape index (κ1) is 33.8. The van der Waals surface area contributed by atoms with E-state index >= 15 is 0 Å². The van der Waals surface area contributed by atoms with E-state index in [1.807, 2.05) is 13.8 Å². The van der Waals surface area contributed by atoms with Crippen LogP contribution in [0.2, 0.25) is 0 Å². The summed E-state index contributed by atoms with van der Waals surface area (Å²) in [7, 11) is 0. The van der Waals surface area contributed by atoms with Gasteiger partial charge in [-0.2, -0.15) is 0 Å². The quantitative estimate of drug-likeness (QED) is 0.197. The highest BCUT2D eigenvalue weighted by Gasteiger charge is 2.03. The van der Waals surface area contributed by atoms with E-state index in [4.69, 9.17) is 0 Å². The lowest BCUT2D eigenvalue weighted by Gasteiger charge is -2.08. The third-order valence-electron chi connectivity index (χ3n) is 7.60. The average molecular weight is 577 g/mol. The zero-order chi connectivity index (χ0) is 31.9. The van der Waals surface area contributed by atoms with Crippen LogP contribution in [-0.4, -0.2) is 0 Å². The highest BCUT2D eigenvalue weighted by molar-refractivity contribution is 5.71. The fraction of sp³-hybridized carbons (Fsp3) is 0.182. The molecule has 0 heteroatoms. The zero-order valence-corrected chi connectivity index (χ0v) is 27.9. The maximum atomic E-state index is 2.18. The molecule has 0 radical (unpaired) electrons. The Morgan fingerprint density at radius 3 is 0.659 bits per heavy atom. The highest BCUT2D eigenvalue weighted by Crippen LogP contribution is 2.27. The number of hydrogen-bond acceptors (Lipinski definition) is 0. The predicted molar refractivity (Wildman–Crippen MR) is 195 cm³/mol. The van der Waals surface area contributed by atoms with Gasteiger partial charge >= 0.3 is 0 Å². The van der Waals surface area contributed by atoms with Gasteiger partial charge < -0.3 is 0 Å². The Morgan fingerprint density at radius 2 is 0.455 bits per heavy atom. The maximum absolute atomic E-state index is 2.18. The van der Waals surface area contributed by atoms with Crippen molar-refractivity contribution in [3.8, 4) is 33.4 Å². The number of benzene rings is 6. The summed E-state index contributed by atoms with van der Waals surface area (Å²) in [6, 6.07) is 51.3. The molecule has 0 aliphatic rings. The van der Waals surface area contributed by atoms with Crippen molar-refractivity contribution in [1.82, 2.24) is 0 Å². The summed E-state index contributed by atoms with van der Waals surface area (Å²) in [5.74, 6) is 0. The van der Waals surface area contributed by atoms with E-state index in [1.165, 1.54) is 66.8 Å². The standard InChI is InChI=1S/3C14H14.C2H6/c1-11-3-7-13(8-4-11)14-9-5-12(2)6-10-14;2*1-11-7-3-5-9-13(11)14-10-6-4-8-12(14)2;1-2/h3*3-10H,1-2H3;1-2H3. The Balaban J connectivity index is 0.000000175. The lowest BCUT2D eigenvalue weighted by atomic mass is 9.97. The molecule has 0 atom stereocenters. The van der Waals surface area contributed by atoms with Crippen LogP contribution in [0.1, 0.15) is 47.2 Å². The number of rotatable bonds is 3. The molecule has 6 aromatic carbocycles. The van der Waals surface area contributed by atoms with Gasteiger partial charge in [-0.25, -0.2) is 0 Å². The Hall–Kier alpha value is -4.68. The fourth-order valence-electron chi connectivity index (χ4n) is 4.99. The Bertz CT molecular complexity index is 1490. The lowest BCUT2D eigenvalue weighted by Crippen LogP contribution is -1.85. The monoisotopic (exact) mass is 576 g/mol. The van der Waals surface area contributed by atoms with Gasteiger partial charge in [0.2, 0.25) is 0 Å². The fourth-order valence-corrected chi connectivity index (χ4v) is 4.99. The van der Waals surface area contributed by atoms with Gasteiger partial charge in [0.25, 0.3) is 0 Å². The van der Waals surface area contributed by atoms with Crippen LogP contribution in [0.5, 0.6) is 0 Å². The van der Waals surface area contributed by atoms with Crippen molar-refractivity contribution in [2.75, 3.05) is 0 Å². The van der Waals surface area contributed by atoms with Crippen molar-refractivity contribution in [1.29, 1.82) is 0 Å². The minimum atomic E-state index is 1.29. The molecule has 44 heavy (non-hydrogen) atoms. The summed E-state index contributed by atoms with van der Waals surface area (Å²) in [4.78, 5) is 0. The second kappa shape index (κ2) is 17.4. The number of hydrogen-bond donors (Lipinski definition) is 0. The summed E-state index contributed by atoms with van der Waals surface area (Å²) in [5, 5.41) is 0. The molecule has 6 rings (SSSR count). The molecule has 0 aliphatic heterocycles. The Kier molecular flexibility index (Phi) is 13.4. The highest BCUT2D eigenvalue weighted by atomic mass is 14.1. The molecule has 0 amide bonds. The molecule has 0 spiro atoms. The van der Waals surface area contributed by atoms with Crippen LogP contribution < -0.4 is 0 Å². The Morgan fingerprint density at radius 1 is 0.250 bits per heavy atom. The predicted octanol–water partition coefficient (Wildman–Crippen LogP) is 12.9. The van der Waals surface area contributed by atoms with Crippen molar-refractivity contribution in [2.24, 2.45) is 0 Å². The molecule has 224 valence electrons. The molecule has 0 saturated carbocycles. The SMILES string of the molecule is CC.Cc1ccc(-c2ccc(C)cc2)cc1.Cc1ccccc1-c1ccccc1C.Cc1ccccc1-c1ccccc1C. The molecule has 0 heterocycles. The summed E-state index contributed by atoms with van der Waals surface area (Å²) in [5.41, 5.74) is 15.9. The van der Waals surface area contributed by atoms with E-state index < -0.39 is 0 Å². The van der Waals surface area contributed by atoms with Gasteiger partial charge in [-0.15, -0.1) is 0 Å². The van der Waals surface area contributed by atoms with E-state index in [-0.39, 0.29) is 0 Å². The summed E-state index contributed by atoms with van der Waals surface area (Å²) in [6.07, 6.45) is 0. The smallest absolute Gasteiger partial charge is 0.0152 e. The summed E-state index contributed by atoms with van der Waals surface area (Å²) in [6.45, 7) is 16.8. The normalized spacial score (nSPS) is 9.82. The second-order valence-electron chi connectivity index (χ2n) is 11.0. The molecule has 0 N–H and O–H groups in total. The summed E-state index contributed by atoms with van der Waals surface area (Å²) >= 11 is 0. The van der Waals surface area contributed by atoms with Crippen molar-refractivity contribution in [2.45, 2.75) is 55.4 Å². The van der Waals surface area contributed by atoms with Gasteiger partial charge in [-0.05, 0) is 97.2 Å². The molecule has 0 aromatic heterocycles. The van der Waals surface area contributed by atoms with E-state index in [9.17, 15) is 0 Å². The summed E-state index contributed by atoms with van der Waals surface area (Å²) < 4.78 is 0. The molecule has 0 nitrogen and oxygen atoms in total. The van der Waals surface area contributed by atoms with Crippen LogP contribution >= 0.6 is 0 Å². The van der Waals surface area contributed by atoms with Crippen molar-refractivity contribution < 1.29 is 0 Å². The topological polar surface area (TPSA) is 0 Å². The van der Waals surface area contributed by atoms with Crippen LogP contribution in [0.25, 0.3) is 33.4 Å². The van der Waals surface area contributed by atoms with Crippen molar-refractivity contribution >= 4 is 0 Å². The molecule has 0 saturated heterocycles. The van der Waals surface area contributed by atoms with Crippen LogP contribution in [0.4, 0.5) is 0 Å². The van der Waals surface area contributed by atoms with Gasteiger partial charge in [-0.3, -0.25) is 0 Å². The first-order valence-electron chi connectivity index (χ1n) is 15.7. The van der Waals surface area contributed by atoms with Crippen LogP contribution in [0.3, 0.4) is 0 Å². The van der Waals surface area contributed by atoms with Crippen LogP contribution in [0.15, 0.2) is 146 Å². The molecule has 0 unspecified atom stereocenters. The molecule has 0 fully saturated rings. The van der Waals surface area contributed by atoms with Crippen LogP contribution in [0, 0.1) is 41.5 Å². The van der Waals surface area contributed by atoms with Gasteiger partial charge in [0.15, 0.2) is 0 Å². The van der Waals surface area contributed by atoms with Gasteiger partial charge in [0, 0.05) is 0 Å². The minimum absolute atomic E-state index is 1.29. The first-order valence-corrected chi connectivity index (χ1v) is 15.7. The minimum Gasteiger partial charge on any atom is -0.0683 e.